The van der Waals surface area contributed by atoms with Crippen molar-refractivity contribution in [3.63, 3.8) is 0 Å². The van der Waals surface area contributed by atoms with E-state index in [4.69, 9.17) is 4.42 Å². The molecule has 0 aliphatic heterocycles. The maximum Gasteiger partial charge on any atom is 0.257 e. The molecule has 1 unspecified atom stereocenters. The fourth-order valence-corrected chi connectivity index (χ4v) is 2.64. The van der Waals surface area contributed by atoms with Crippen LogP contribution in [0.3, 0.4) is 0 Å². The van der Waals surface area contributed by atoms with Gasteiger partial charge in [0, 0.05) is 4.88 Å². The highest BCUT2D eigenvalue weighted by Crippen LogP contribution is 2.18. The van der Waals surface area contributed by atoms with Gasteiger partial charge < -0.3 is 14.4 Å². The van der Waals surface area contributed by atoms with Crippen LogP contribution in [-0.2, 0) is 6.54 Å². The topological polar surface area (TPSA) is 53.7 Å². The predicted molar refractivity (Wildman–Crippen MR) is 74.1 cm³/mol. The van der Waals surface area contributed by atoms with Crippen LogP contribution in [0.15, 0.2) is 40.5 Å². The molecule has 2 heterocycles. The largest absolute Gasteiger partial charge is 0.472 e. The fourth-order valence-electron chi connectivity index (χ4n) is 1.94. The molecule has 19 heavy (non-hydrogen) atoms. The average Bonchev–Trinajstić information content (AvgIpc) is 3.11. The smallest absolute Gasteiger partial charge is 0.257 e. The number of amides is 1. The van der Waals surface area contributed by atoms with Crippen LogP contribution >= 0.6 is 11.3 Å². The Balaban J connectivity index is 2.20. The van der Waals surface area contributed by atoms with Gasteiger partial charge in [-0.1, -0.05) is 13.0 Å². The van der Waals surface area contributed by atoms with Gasteiger partial charge in [0.15, 0.2) is 0 Å². The van der Waals surface area contributed by atoms with Gasteiger partial charge in [0.1, 0.15) is 6.26 Å². The molecule has 0 saturated heterocycles. The molecule has 0 aromatic carbocycles. The summed E-state index contributed by atoms with van der Waals surface area (Å²) in [4.78, 5) is 15.3. The van der Waals surface area contributed by atoms with E-state index in [0.717, 1.165) is 4.88 Å². The van der Waals surface area contributed by atoms with Crippen molar-refractivity contribution in [3.05, 3.63) is 46.5 Å². The normalized spacial score (nSPS) is 12.3. The highest BCUT2D eigenvalue weighted by molar-refractivity contribution is 7.09. The van der Waals surface area contributed by atoms with E-state index in [1.165, 1.54) is 12.5 Å². The monoisotopic (exact) mass is 279 g/mol. The molecule has 0 radical (unpaired) electrons. The summed E-state index contributed by atoms with van der Waals surface area (Å²) in [7, 11) is 0. The van der Waals surface area contributed by atoms with Crippen molar-refractivity contribution in [1.82, 2.24) is 4.90 Å². The van der Waals surface area contributed by atoms with E-state index >= 15 is 0 Å². The second-order valence-electron chi connectivity index (χ2n) is 4.27. The molecule has 0 saturated carbocycles. The lowest BCUT2D eigenvalue weighted by molar-refractivity contribution is 0.0566. The molecule has 4 nitrogen and oxygen atoms in total. The number of aliphatic hydroxyl groups excluding tert-OH is 1. The van der Waals surface area contributed by atoms with Crippen LogP contribution in [0.4, 0.5) is 0 Å². The number of aliphatic hydroxyl groups is 1. The predicted octanol–water partition coefficient (Wildman–Crippen LogP) is 2.75. The maximum atomic E-state index is 12.5. The Labute approximate surface area is 116 Å². The van der Waals surface area contributed by atoms with Gasteiger partial charge in [-0.05, 0) is 23.9 Å². The second kappa shape index (κ2) is 6.54. The van der Waals surface area contributed by atoms with Crippen molar-refractivity contribution in [3.8, 4) is 0 Å². The summed E-state index contributed by atoms with van der Waals surface area (Å²) in [6.45, 7) is 2.44. The minimum absolute atomic E-state index is 0.0362. The van der Waals surface area contributed by atoms with E-state index in [2.05, 4.69) is 0 Å². The summed E-state index contributed by atoms with van der Waals surface area (Å²) in [5, 5.41) is 11.4. The summed E-state index contributed by atoms with van der Waals surface area (Å²) in [6.07, 6.45) is 3.63. The second-order valence-corrected chi connectivity index (χ2v) is 5.30. The third-order valence-electron chi connectivity index (χ3n) is 3.06. The molecule has 0 spiro atoms. The molecule has 5 heteroatoms. The molecule has 0 aliphatic rings. The van der Waals surface area contributed by atoms with Crippen LogP contribution in [0.2, 0.25) is 0 Å². The van der Waals surface area contributed by atoms with Gasteiger partial charge in [-0.2, -0.15) is 0 Å². The van der Waals surface area contributed by atoms with E-state index in [1.807, 2.05) is 24.4 Å². The zero-order valence-electron chi connectivity index (χ0n) is 10.8. The Hall–Kier alpha value is -1.59. The lowest BCUT2D eigenvalue weighted by Crippen LogP contribution is -2.41. The Kier molecular flexibility index (Phi) is 4.76. The molecular weight excluding hydrogens is 262 g/mol. The molecule has 2 aromatic heterocycles. The SMILES string of the molecule is CCC(CO)N(Cc1cccs1)C(=O)c1ccoc1. The highest BCUT2D eigenvalue weighted by atomic mass is 32.1. The summed E-state index contributed by atoms with van der Waals surface area (Å²) < 4.78 is 4.96. The molecule has 1 N–H and O–H groups in total. The van der Waals surface area contributed by atoms with Crippen molar-refractivity contribution < 1.29 is 14.3 Å². The number of rotatable bonds is 6. The van der Waals surface area contributed by atoms with Crippen LogP contribution in [0, 0.1) is 0 Å². The van der Waals surface area contributed by atoms with Gasteiger partial charge in [0.25, 0.3) is 5.91 Å². The average molecular weight is 279 g/mol. The van der Waals surface area contributed by atoms with Crippen molar-refractivity contribution in [2.75, 3.05) is 6.61 Å². The quantitative estimate of drug-likeness (QED) is 0.884. The summed E-state index contributed by atoms with van der Waals surface area (Å²) in [6, 6.07) is 5.42. The third-order valence-corrected chi connectivity index (χ3v) is 3.92. The summed E-state index contributed by atoms with van der Waals surface area (Å²) >= 11 is 1.61. The molecule has 1 atom stereocenters. The zero-order valence-corrected chi connectivity index (χ0v) is 11.6. The summed E-state index contributed by atoms with van der Waals surface area (Å²) in [5.41, 5.74) is 0.517. The first kappa shape index (κ1) is 13.8. The van der Waals surface area contributed by atoms with Crippen molar-refractivity contribution in [1.29, 1.82) is 0 Å². The first-order valence-corrected chi connectivity index (χ1v) is 7.10. The maximum absolute atomic E-state index is 12.5. The third kappa shape index (κ3) is 3.24. The van der Waals surface area contributed by atoms with Crippen LogP contribution in [0.25, 0.3) is 0 Å². The highest BCUT2D eigenvalue weighted by Gasteiger charge is 2.24. The minimum Gasteiger partial charge on any atom is -0.472 e. The molecule has 0 aliphatic carbocycles. The Morgan fingerprint density at radius 3 is 2.89 bits per heavy atom. The van der Waals surface area contributed by atoms with Crippen LogP contribution in [-0.4, -0.2) is 28.6 Å². The molecule has 102 valence electrons. The standard InChI is InChI=1S/C14H17NO3S/c1-2-12(9-16)15(8-13-4-3-7-19-13)14(17)11-5-6-18-10-11/h3-7,10,12,16H,2,8-9H2,1H3. The molecule has 2 aromatic rings. The molecule has 0 bridgehead atoms. The van der Waals surface area contributed by atoms with Gasteiger partial charge in [0.2, 0.25) is 0 Å². The molecule has 2 rings (SSSR count). The first-order chi connectivity index (χ1) is 9.26. The van der Waals surface area contributed by atoms with Gasteiger partial charge in [-0.15, -0.1) is 11.3 Å². The van der Waals surface area contributed by atoms with E-state index in [0.29, 0.717) is 18.5 Å². The number of hydrogen-bond acceptors (Lipinski definition) is 4. The number of nitrogens with zero attached hydrogens (tertiary/aromatic N) is 1. The van der Waals surface area contributed by atoms with Crippen molar-refractivity contribution in [2.24, 2.45) is 0 Å². The lowest BCUT2D eigenvalue weighted by atomic mass is 10.1. The number of carbonyl (C=O) groups is 1. The van der Waals surface area contributed by atoms with E-state index in [9.17, 15) is 9.90 Å². The number of furan rings is 1. The van der Waals surface area contributed by atoms with E-state index in [-0.39, 0.29) is 18.6 Å². The minimum atomic E-state index is -0.176. The fraction of sp³-hybridized carbons (Fsp3) is 0.357. The van der Waals surface area contributed by atoms with Gasteiger partial charge in [-0.25, -0.2) is 0 Å². The van der Waals surface area contributed by atoms with Crippen LogP contribution in [0.5, 0.6) is 0 Å². The lowest BCUT2D eigenvalue weighted by Gasteiger charge is -2.29. The van der Waals surface area contributed by atoms with Gasteiger partial charge in [-0.3, -0.25) is 4.79 Å². The number of thiophene rings is 1. The zero-order chi connectivity index (χ0) is 13.7. The number of hydrogen-bond donors (Lipinski definition) is 1. The van der Waals surface area contributed by atoms with Crippen molar-refractivity contribution in [2.45, 2.75) is 25.9 Å². The van der Waals surface area contributed by atoms with Gasteiger partial charge in [0.05, 0.1) is 31.0 Å². The molecular formula is C14H17NO3S. The van der Waals surface area contributed by atoms with E-state index in [1.54, 1.807) is 22.3 Å². The van der Waals surface area contributed by atoms with Crippen LogP contribution in [0.1, 0.15) is 28.6 Å². The van der Waals surface area contributed by atoms with Gasteiger partial charge >= 0.3 is 0 Å². The first-order valence-electron chi connectivity index (χ1n) is 6.22. The Morgan fingerprint density at radius 2 is 2.37 bits per heavy atom. The molecule has 0 fully saturated rings. The van der Waals surface area contributed by atoms with Crippen molar-refractivity contribution >= 4 is 17.2 Å². The van der Waals surface area contributed by atoms with Crippen LogP contribution < -0.4 is 0 Å². The Bertz CT molecular complexity index is 489. The molecule has 1 amide bonds. The number of carbonyl (C=O) groups excluding carboxylic acids is 1. The summed E-state index contributed by atoms with van der Waals surface area (Å²) in [5.74, 6) is -0.108. The van der Waals surface area contributed by atoms with E-state index < -0.39 is 0 Å². The Morgan fingerprint density at radius 1 is 1.53 bits per heavy atom.